The van der Waals surface area contributed by atoms with Crippen molar-refractivity contribution in [3.05, 3.63) is 0 Å². The first-order valence-electron chi connectivity index (χ1n) is 5.61. The zero-order valence-corrected chi connectivity index (χ0v) is 11.1. The van der Waals surface area contributed by atoms with Gasteiger partial charge in [0.15, 0.2) is 0 Å². The first-order chi connectivity index (χ1) is 7.07. The molecule has 0 fully saturated rings. The number of carbonyl (C=O) groups excluding carboxylic acids is 1. The van der Waals surface area contributed by atoms with Crippen LogP contribution in [0.1, 0.15) is 41.5 Å². The molecule has 0 bridgehead atoms. The predicted octanol–water partition coefficient (Wildman–Crippen LogP) is 1.99. The van der Waals surface area contributed by atoms with Crippen LogP contribution in [0.15, 0.2) is 0 Å². The summed E-state index contributed by atoms with van der Waals surface area (Å²) in [5, 5.41) is 8.86. The summed E-state index contributed by atoms with van der Waals surface area (Å²) in [6, 6.07) is 0.0218. The molecule has 1 atom stereocenters. The molecule has 0 saturated heterocycles. The molecule has 0 aliphatic rings. The molecule has 4 heteroatoms. The fraction of sp³-hybridized carbons (Fsp3) is 0.833. The highest BCUT2D eigenvalue weighted by atomic mass is 16.4. The second kappa shape index (κ2) is 5.32. The molecule has 0 aliphatic heterocycles. The number of nitrogens with zero attached hydrogens (tertiary/aromatic N) is 1. The molecule has 1 N–H and O–H groups in total. The van der Waals surface area contributed by atoms with Crippen LogP contribution in [0.5, 0.6) is 0 Å². The Morgan fingerprint density at radius 2 is 1.62 bits per heavy atom. The summed E-state index contributed by atoms with van der Waals surface area (Å²) in [4.78, 5) is 24.5. The highest BCUT2D eigenvalue weighted by molar-refractivity contribution is 5.82. The highest BCUT2D eigenvalue weighted by Crippen LogP contribution is 2.20. The number of amides is 1. The molecule has 0 saturated carbocycles. The monoisotopic (exact) mass is 229 g/mol. The highest BCUT2D eigenvalue weighted by Gasteiger charge is 2.30. The van der Waals surface area contributed by atoms with Crippen molar-refractivity contribution in [2.45, 2.75) is 47.6 Å². The molecule has 0 aromatic heterocycles. The lowest BCUT2D eigenvalue weighted by Gasteiger charge is -2.33. The van der Waals surface area contributed by atoms with Gasteiger partial charge in [-0.25, -0.2) is 0 Å². The molecule has 0 heterocycles. The van der Waals surface area contributed by atoms with Gasteiger partial charge in [-0.1, -0.05) is 27.7 Å². The second-order valence-corrected chi connectivity index (χ2v) is 5.54. The minimum Gasteiger partial charge on any atom is -0.481 e. The SMILES string of the molecule is CC(CN(C(=O)C(C)(C)C)C(C)C)C(=O)O. The lowest BCUT2D eigenvalue weighted by Crippen LogP contribution is -2.46. The molecule has 0 aliphatic carbocycles. The van der Waals surface area contributed by atoms with Crippen molar-refractivity contribution in [2.75, 3.05) is 6.54 Å². The summed E-state index contributed by atoms with van der Waals surface area (Å²) >= 11 is 0. The number of carbonyl (C=O) groups is 2. The van der Waals surface area contributed by atoms with Crippen molar-refractivity contribution in [1.29, 1.82) is 0 Å². The van der Waals surface area contributed by atoms with E-state index in [1.54, 1.807) is 11.8 Å². The molecule has 0 aromatic carbocycles. The fourth-order valence-electron chi connectivity index (χ4n) is 1.33. The third-order valence-corrected chi connectivity index (χ3v) is 2.42. The van der Waals surface area contributed by atoms with Crippen LogP contribution in [-0.2, 0) is 9.59 Å². The van der Waals surface area contributed by atoms with Crippen molar-refractivity contribution >= 4 is 11.9 Å². The summed E-state index contributed by atoms with van der Waals surface area (Å²) in [7, 11) is 0. The van der Waals surface area contributed by atoms with Crippen LogP contribution in [0.3, 0.4) is 0 Å². The molecule has 0 radical (unpaired) electrons. The summed E-state index contributed by atoms with van der Waals surface area (Å²) in [6.45, 7) is 11.2. The minimum absolute atomic E-state index is 0.00407. The molecule has 4 nitrogen and oxygen atoms in total. The molecule has 0 spiro atoms. The van der Waals surface area contributed by atoms with Crippen LogP contribution in [0, 0.1) is 11.3 Å². The molecular formula is C12H23NO3. The minimum atomic E-state index is -0.868. The Labute approximate surface area is 97.6 Å². The van der Waals surface area contributed by atoms with Crippen LogP contribution in [-0.4, -0.2) is 34.5 Å². The smallest absolute Gasteiger partial charge is 0.308 e. The summed E-state index contributed by atoms with van der Waals surface area (Å²) < 4.78 is 0. The van der Waals surface area contributed by atoms with E-state index in [-0.39, 0.29) is 18.5 Å². The van der Waals surface area contributed by atoms with E-state index in [0.29, 0.717) is 0 Å². The Hall–Kier alpha value is -1.06. The van der Waals surface area contributed by atoms with Crippen LogP contribution < -0.4 is 0 Å². The van der Waals surface area contributed by atoms with Crippen molar-refractivity contribution in [3.63, 3.8) is 0 Å². The van der Waals surface area contributed by atoms with E-state index in [1.165, 1.54) is 0 Å². The van der Waals surface area contributed by atoms with Crippen molar-refractivity contribution in [1.82, 2.24) is 4.90 Å². The maximum Gasteiger partial charge on any atom is 0.308 e. The molecule has 0 rings (SSSR count). The average Bonchev–Trinajstić information content (AvgIpc) is 2.10. The van der Waals surface area contributed by atoms with E-state index < -0.39 is 17.3 Å². The van der Waals surface area contributed by atoms with Gasteiger partial charge in [0.05, 0.1) is 5.92 Å². The Balaban J connectivity index is 4.77. The van der Waals surface area contributed by atoms with E-state index in [0.717, 1.165) is 0 Å². The Morgan fingerprint density at radius 1 is 1.19 bits per heavy atom. The van der Waals surface area contributed by atoms with E-state index in [4.69, 9.17) is 5.11 Å². The summed E-state index contributed by atoms with van der Waals surface area (Å²) in [5.74, 6) is -1.41. The number of carboxylic acids is 1. The van der Waals surface area contributed by atoms with Crippen LogP contribution in [0.2, 0.25) is 0 Å². The van der Waals surface area contributed by atoms with Gasteiger partial charge < -0.3 is 10.0 Å². The van der Waals surface area contributed by atoms with Crippen LogP contribution >= 0.6 is 0 Å². The number of aliphatic carboxylic acids is 1. The number of carboxylic acid groups (broad SMARTS) is 1. The van der Waals surface area contributed by atoms with Crippen molar-refractivity contribution in [3.8, 4) is 0 Å². The topological polar surface area (TPSA) is 57.6 Å². The first kappa shape index (κ1) is 14.9. The zero-order valence-electron chi connectivity index (χ0n) is 11.1. The largest absolute Gasteiger partial charge is 0.481 e. The van der Waals surface area contributed by atoms with Gasteiger partial charge in [0.2, 0.25) is 5.91 Å². The second-order valence-electron chi connectivity index (χ2n) is 5.54. The number of hydrogen-bond donors (Lipinski definition) is 1. The normalized spacial score (nSPS) is 13.7. The van der Waals surface area contributed by atoms with E-state index in [9.17, 15) is 9.59 Å². The van der Waals surface area contributed by atoms with Crippen molar-refractivity contribution in [2.24, 2.45) is 11.3 Å². The third-order valence-electron chi connectivity index (χ3n) is 2.42. The molecule has 94 valence electrons. The maximum atomic E-state index is 12.1. The predicted molar refractivity (Wildman–Crippen MR) is 63.1 cm³/mol. The van der Waals surface area contributed by atoms with Gasteiger partial charge in [-0.2, -0.15) is 0 Å². The lowest BCUT2D eigenvalue weighted by molar-refractivity contribution is -0.146. The Morgan fingerprint density at radius 3 is 1.88 bits per heavy atom. The van der Waals surface area contributed by atoms with Gasteiger partial charge in [-0.05, 0) is 13.8 Å². The van der Waals surface area contributed by atoms with Gasteiger partial charge in [0, 0.05) is 18.0 Å². The standard InChI is InChI=1S/C12H23NO3/c1-8(2)13(7-9(3)10(14)15)11(16)12(4,5)6/h8-9H,7H2,1-6H3,(H,14,15). The molecular weight excluding hydrogens is 206 g/mol. The van der Waals surface area contributed by atoms with Gasteiger partial charge in [-0.15, -0.1) is 0 Å². The van der Waals surface area contributed by atoms with Gasteiger partial charge in [0.25, 0.3) is 0 Å². The van der Waals surface area contributed by atoms with Gasteiger partial charge >= 0.3 is 5.97 Å². The Bertz CT molecular complexity index is 266. The van der Waals surface area contributed by atoms with Crippen molar-refractivity contribution < 1.29 is 14.7 Å². The molecule has 1 unspecified atom stereocenters. The number of rotatable bonds is 4. The van der Waals surface area contributed by atoms with Crippen LogP contribution in [0.4, 0.5) is 0 Å². The maximum absolute atomic E-state index is 12.1. The Kier molecular flexibility index (Phi) is 4.97. The fourth-order valence-corrected chi connectivity index (χ4v) is 1.33. The first-order valence-corrected chi connectivity index (χ1v) is 5.61. The summed E-state index contributed by atoms with van der Waals surface area (Å²) in [6.07, 6.45) is 0. The molecule has 16 heavy (non-hydrogen) atoms. The van der Waals surface area contributed by atoms with Gasteiger partial charge in [-0.3, -0.25) is 9.59 Å². The lowest BCUT2D eigenvalue weighted by atomic mass is 9.93. The van der Waals surface area contributed by atoms with E-state index >= 15 is 0 Å². The average molecular weight is 229 g/mol. The van der Waals surface area contributed by atoms with E-state index in [1.807, 2.05) is 34.6 Å². The van der Waals surface area contributed by atoms with Gasteiger partial charge in [0.1, 0.15) is 0 Å². The van der Waals surface area contributed by atoms with E-state index in [2.05, 4.69) is 0 Å². The zero-order chi connectivity index (χ0) is 13.1. The number of hydrogen-bond acceptors (Lipinski definition) is 2. The molecule has 0 aromatic rings. The summed E-state index contributed by atoms with van der Waals surface area (Å²) in [5.41, 5.74) is -0.470. The molecule has 1 amide bonds. The quantitative estimate of drug-likeness (QED) is 0.802. The van der Waals surface area contributed by atoms with Crippen LogP contribution in [0.25, 0.3) is 0 Å². The third kappa shape index (κ3) is 4.21.